The van der Waals surface area contributed by atoms with Crippen LogP contribution in [0.3, 0.4) is 0 Å². The first kappa shape index (κ1) is 26.8. The maximum absolute atomic E-state index is 13.6. The molecule has 3 rings (SSSR count). The zero-order chi connectivity index (χ0) is 25.6. The second-order valence-electron chi connectivity index (χ2n) is 10.5. The highest BCUT2D eigenvalue weighted by atomic mass is 35.5. The second kappa shape index (κ2) is 11.8. The Morgan fingerprint density at radius 1 is 1.03 bits per heavy atom. The van der Waals surface area contributed by atoms with Crippen LogP contribution in [0.15, 0.2) is 54.7 Å². The van der Waals surface area contributed by atoms with Gasteiger partial charge in [-0.15, -0.1) is 11.6 Å². The average Bonchev–Trinajstić information content (AvgIpc) is 3.24. The SMILES string of the molecule is Cc1ccc(CN(CCc2c[nH]c3ccccc23)C(=O)CN(CC(C)C)C(=O)C(C)(C)CCl)cc1. The number of carbonyl (C=O) groups is 2. The van der Waals surface area contributed by atoms with Gasteiger partial charge in [-0.05, 0) is 50.3 Å². The van der Waals surface area contributed by atoms with E-state index in [1.165, 1.54) is 16.5 Å². The Morgan fingerprint density at radius 2 is 1.71 bits per heavy atom. The molecular weight excluding hydrogens is 458 g/mol. The maximum Gasteiger partial charge on any atom is 0.242 e. The quantitative estimate of drug-likeness (QED) is 0.342. The Labute approximate surface area is 214 Å². The molecule has 0 aliphatic rings. The van der Waals surface area contributed by atoms with Crippen molar-refractivity contribution in [1.82, 2.24) is 14.8 Å². The summed E-state index contributed by atoms with van der Waals surface area (Å²) in [5, 5.41) is 1.18. The maximum atomic E-state index is 13.6. The van der Waals surface area contributed by atoms with Crippen LogP contribution in [0.5, 0.6) is 0 Å². The van der Waals surface area contributed by atoms with Crippen molar-refractivity contribution in [1.29, 1.82) is 0 Å². The summed E-state index contributed by atoms with van der Waals surface area (Å²) in [4.78, 5) is 33.8. The number of aryl methyl sites for hydroxylation is 1. The zero-order valence-electron chi connectivity index (χ0n) is 21.6. The summed E-state index contributed by atoms with van der Waals surface area (Å²) < 4.78 is 0. The molecule has 0 saturated carbocycles. The van der Waals surface area contributed by atoms with Crippen molar-refractivity contribution < 1.29 is 9.59 Å². The van der Waals surface area contributed by atoms with Gasteiger partial charge >= 0.3 is 0 Å². The lowest BCUT2D eigenvalue weighted by Gasteiger charge is -2.33. The van der Waals surface area contributed by atoms with E-state index in [0.29, 0.717) is 19.6 Å². The minimum atomic E-state index is -0.720. The van der Waals surface area contributed by atoms with Gasteiger partial charge in [0.2, 0.25) is 11.8 Å². The van der Waals surface area contributed by atoms with Crippen molar-refractivity contribution in [2.45, 2.75) is 47.6 Å². The monoisotopic (exact) mass is 495 g/mol. The molecule has 0 unspecified atom stereocenters. The molecule has 1 N–H and O–H groups in total. The number of rotatable bonds is 11. The molecule has 6 heteroatoms. The summed E-state index contributed by atoms with van der Waals surface area (Å²) in [5.41, 5.74) is 3.81. The van der Waals surface area contributed by atoms with Gasteiger partial charge in [-0.3, -0.25) is 9.59 Å². The number of para-hydroxylation sites is 1. The lowest BCUT2D eigenvalue weighted by atomic mass is 9.93. The normalized spacial score (nSPS) is 11.7. The van der Waals surface area contributed by atoms with Crippen LogP contribution in [0.25, 0.3) is 10.9 Å². The number of alkyl halides is 1. The van der Waals surface area contributed by atoms with Crippen LogP contribution in [0.2, 0.25) is 0 Å². The predicted molar refractivity (Wildman–Crippen MR) is 145 cm³/mol. The molecule has 0 aliphatic heterocycles. The van der Waals surface area contributed by atoms with E-state index in [4.69, 9.17) is 11.6 Å². The number of fused-ring (bicyclic) bond motifs is 1. The molecule has 0 radical (unpaired) electrons. The summed E-state index contributed by atoms with van der Waals surface area (Å²) in [6.07, 6.45) is 2.75. The summed E-state index contributed by atoms with van der Waals surface area (Å²) in [5.74, 6) is 0.323. The number of benzene rings is 2. The number of halogens is 1. The highest BCUT2D eigenvalue weighted by Crippen LogP contribution is 2.22. The highest BCUT2D eigenvalue weighted by molar-refractivity contribution is 6.19. The van der Waals surface area contributed by atoms with E-state index >= 15 is 0 Å². The first-order chi connectivity index (χ1) is 16.6. The third-order valence-corrected chi connectivity index (χ3v) is 6.95. The number of nitrogens with one attached hydrogen (secondary N) is 1. The second-order valence-corrected chi connectivity index (χ2v) is 10.8. The fourth-order valence-corrected chi connectivity index (χ4v) is 4.32. The number of hydrogen-bond donors (Lipinski definition) is 1. The van der Waals surface area contributed by atoms with Gasteiger partial charge in [0.1, 0.15) is 0 Å². The molecular formula is C29H38ClN3O2. The number of nitrogens with zero attached hydrogens (tertiary/aromatic N) is 2. The molecule has 188 valence electrons. The van der Waals surface area contributed by atoms with Gasteiger partial charge < -0.3 is 14.8 Å². The van der Waals surface area contributed by atoms with Crippen LogP contribution < -0.4 is 0 Å². The molecule has 0 atom stereocenters. The third-order valence-electron chi connectivity index (χ3n) is 6.28. The summed E-state index contributed by atoms with van der Waals surface area (Å²) >= 11 is 6.10. The number of aromatic amines is 1. The largest absolute Gasteiger partial charge is 0.361 e. The van der Waals surface area contributed by atoms with E-state index in [1.807, 2.05) is 37.1 Å². The van der Waals surface area contributed by atoms with Crippen LogP contribution in [-0.2, 0) is 22.6 Å². The van der Waals surface area contributed by atoms with Crippen LogP contribution in [0.1, 0.15) is 44.4 Å². The van der Waals surface area contributed by atoms with Crippen LogP contribution >= 0.6 is 11.6 Å². The zero-order valence-corrected chi connectivity index (χ0v) is 22.4. The summed E-state index contributed by atoms with van der Waals surface area (Å²) in [6, 6.07) is 16.5. The highest BCUT2D eigenvalue weighted by Gasteiger charge is 2.33. The minimum Gasteiger partial charge on any atom is -0.361 e. The van der Waals surface area contributed by atoms with Gasteiger partial charge in [-0.2, -0.15) is 0 Å². The summed E-state index contributed by atoms with van der Waals surface area (Å²) in [6.45, 7) is 11.5. The molecule has 1 heterocycles. The van der Waals surface area contributed by atoms with Gasteiger partial charge in [-0.25, -0.2) is 0 Å². The van der Waals surface area contributed by atoms with Crippen LogP contribution in [0.4, 0.5) is 0 Å². The first-order valence-electron chi connectivity index (χ1n) is 12.3. The van der Waals surface area contributed by atoms with Crippen molar-refractivity contribution in [3.8, 4) is 0 Å². The molecule has 0 spiro atoms. The van der Waals surface area contributed by atoms with E-state index in [9.17, 15) is 9.59 Å². The van der Waals surface area contributed by atoms with E-state index < -0.39 is 5.41 Å². The van der Waals surface area contributed by atoms with E-state index in [2.05, 4.69) is 62.2 Å². The van der Waals surface area contributed by atoms with E-state index in [-0.39, 0.29) is 30.2 Å². The Hall–Kier alpha value is -2.79. The van der Waals surface area contributed by atoms with Crippen molar-refractivity contribution in [2.24, 2.45) is 11.3 Å². The van der Waals surface area contributed by atoms with Gasteiger partial charge in [0.25, 0.3) is 0 Å². The number of H-pyrrole nitrogens is 1. The standard InChI is InChI=1S/C29H38ClN3O2/c1-21(2)17-33(28(35)29(4,5)20-30)19-27(34)32(18-23-12-10-22(3)11-13-23)15-14-24-16-31-26-9-7-6-8-25(24)26/h6-13,16,21,31H,14-15,17-20H2,1-5H3. The topological polar surface area (TPSA) is 56.4 Å². The number of amides is 2. The van der Waals surface area contributed by atoms with Gasteiger partial charge in [0, 0.05) is 42.6 Å². The first-order valence-corrected chi connectivity index (χ1v) is 12.9. The van der Waals surface area contributed by atoms with Crippen molar-refractivity contribution in [3.05, 3.63) is 71.4 Å². The molecule has 35 heavy (non-hydrogen) atoms. The number of aromatic nitrogens is 1. The van der Waals surface area contributed by atoms with Gasteiger partial charge in [-0.1, -0.05) is 61.9 Å². The molecule has 2 aromatic carbocycles. The van der Waals surface area contributed by atoms with Crippen molar-refractivity contribution >= 4 is 34.3 Å². The van der Waals surface area contributed by atoms with Crippen molar-refractivity contribution in [3.63, 3.8) is 0 Å². The molecule has 3 aromatic rings. The van der Waals surface area contributed by atoms with Gasteiger partial charge in [0.05, 0.1) is 12.0 Å². The van der Waals surface area contributed by atoms with Crippen LogP contribution in [0, 0.1) is 18.3 Å². The molecule has 1 aromatic heterocycles. The predicted octanol–water partition coefficient (Wildman–Crippen LogP) is 5.80. The fourth-order valence-electron chi connectivity index (χ4n) is 4.21. The fraction of sp³-hybridized carbons (Fsp3) is 0.448. The Kier molecular flexibility index (Phi) is 9.01. The van der Waals surface area contributed by atoms with Crippen molar-refractivity contribution in [2.75, 3.05) is 25.5 Å². The van der Waals surface area contributed by atoms with E-state index in [1.54, 1.807) is 4.90 Å². The molecule has 5 nitrogen and oxygen atoms in total. The molecule has 2 amide bonds. The number of hydrogen-bond acceptors (Lipinski definition) is 2. The average molecular weight is 496 g/mol. The molecule has 0 fully saturated rings. The molecule has 0 bridgehead atoms. The van der Waals surface area contributed by atoms with Gasteiger partial charge in [0.15, 0.2) is 0 Å². The Balaban J connectivity index is 1.82. The lowest BCUT2D eigenvalue weighted by molar-refractivity contribution is -0.146. The Bertz CT molecular complexity index is 1130. The third kappa shape index (κ3) is 7.11. The molecule has 0 saturated heterocycles. The Morgan fingerprint density at radius 3 is 2.37 bits per heavy atom. The van der Waals surface area contributed by atoms with Crippen LogP contribution in [-0.4, -0.2) is 52.1 Å². The number of carbonyl (C=O) groups excluding carboxylic acids is 2. The lowest BCUT2D eigenvalue weighted by Crippen LogP contribution is -2.49. The van der Waals surface area contributed by atoms with E-state index in [0.717, 1.165) is 17.5 Å². The summed E-state index contributed by atoms with van der Waals surface area (Å²) in [7, 11) is 0. The minimum absolute atomic E-state index is 0.0511. The molecule has 0 aliphatic carbocycles. The smallest absolute Gasteiger partial charge is 0.242 e.